The van der Waals surface area contributed by atoms with E-state index in [9.17, 15) is 4.79 Å². The third kappa shape index (κ3) is 8.02. The molecular formula is C38H55ClN4O2S. The summed E-state index contributed by atoms with van der Waals surface area (Å²) in [6.45, 7) is 15.3. The van der Waals surface area contributed by atoms with Gasteiger partial charge in [0.05, 0.1) is 12.3 Å². The fourth-order valence-electron chi connectivity index (χ4n) is 8.24. The Kier molecular flexibility index (Phi) is 11.5. The second kappa shape index (κ2) is 15.5. The van der Waals surface area contributed by atoms with Crippen molar-refractivity contribution in [1.82, 2.24) is 14.5 Å². The summed E-state index contributed by atoms with van der Waals surface area (Å²) in [7, 11) is 2.26. The number of piperazine rings is 1. The number of carbonyl (C=O) groups excluding carboxylic acids is 1. The van der Waals surface area contributed by atoms with Crippen LogP contribution in [0, 0.1) is 23.7 Å². The normalized spacial score (nSPS) is 30.0. The molecule has 6 atom stereocenters. The molecule has 1 N–H and O–H groups in total. The molecule has 8 heteroatoms. The molecule has 3 heterocycles. The monoisotopic (exact) mass is 666 g/mol. The number of rotatable bonds is 5. The van der Waals surface area contributed by atoms with Crippen LogP contribution in [0.5, 0.6) is 5.75 Å². The van der Waals surface area contributed by atoms with E-state index in [1.807, 2.05) is 18.2 Å². The summed E-state index contributed by atoms with van der Waals surface area (Å²) in [6.07, 6.45) is 8.50. The molecule has 2 aromatic carbocycles. The Balaban J connectivity index is 1.32. The zero-order valence-corrected chi connectivity index (χ0v) is 30.1. The summed E-state index contributed by atoms with van der Waals surface area (Å²) < 4.78 is 9.79. The number of carbonyl (C=O) groups is 1. The lowest BCUT2D eigenvalue weighted by atomic mass is 9.65. The van der Waals surface area contributed by atoms with Crippen LogP contribution >= 0.6 is 23.5 Å². The minimum absolute atomic E-state index is 0.0172. The molecule has 0 spiro atoms. The van der Waals surface area contributed by atoms with E-state index in [1.165, 1.54) is 76.0 Å². The van der Waals surface area contributed by atoms with Gasteiger partial charge < -0.3 is 19.4 Å². The number of anilines is 1. The predicted octanol–water partition coefficient (Wildman–Crippen LogP) is 7.75. The Morgan fingerprint density at radius 2 is 1.83 bits per heavy atom. The molecule has 1 amide bonds. The number of nitrogens with zero attached hydrogens (tertiary/aromatic N) is 3. The van der Waals surface area contributed by atoms with Crippen LogP contribution in [0.15, 0.2) is 36.4 Å². The second-order valence-corrected chi connectivity index (χ2v) is 16.3. The summed E-state index contributed by atoms with van der Waals surface area (Å²) in [6, 6.07) is 12.5. The van der Waals surface area contributed by atoms with Crippen molar-refractivity contribution in [3.8, 4) is 5.75 Å². The molecule has 6 unspecified atom stereocenters. The van der Waals surface area contributed by atoms with Crippen molar-refractivity contribution in [2.24, 2.45) is 23.7 Å². The highest BCUT2D eigenvalue weighted by molar-refractivity contribution is 7.98. The largest absolute Gasteiger partial charge is 0.491 e. The first-order valence-corrected chi connectivity index (χ1v) is 19.2. The van der Waals surface area contributed by atoms with Gasteiger partial charge in [-0.1, -0.05) is 51.3 Å². The quantitative estimate of drug-likeness (QED) is 0.330. The third-order valence-corrected chi connectivity index (χ3v) is 12.9. The zero-order valence-electron chi connectivity index (χ0n) is 28.5. The molecule has 1 saturated carbocycles. The summed E-state index contributed by atoms with van der Waals surface area (Å²) in [5.74, 6) is 3.80. The molecule has 4 aliphatic rings. The number of amides is 1. The molecule has 252 valence electrons. The Labute approximate surface area is 287 Å². The lowest BCUT2D eigenvalue weighted by molar-refractivity contribution is 0.0541. The van der Waals surface area contributed by atoms with Crippen molar-refractivity contribution >= 4 is 35.1 Å². The van der Waals surface area contributed by atoms with Crippen LogP contribution < -0.4 is 14.4 Å². The van der Waals surface area contributed by atoms with Crippen LogP contribution in [0.25, 0.3) is 0 Å². The molecule has 46 heavy (non-hydrogen) atoms. The van der Waals surface area contributed by atoms with Crippen LogP contribution in [-0.4, -0.2) is 80.4 Å². The highest BCUT2D eigenvalue weighted by Gasteiger charge is 2.40. The fraction of sp³-hybridized carbons (Fsp3) is 0.658. The summed E-state index contributed by atoms with van der Waals surface area (Å²) >= 11 is 8.07. The number of benzene rings is 2. The molecular weight excluding hydrogens is 612 g/mol. The number of likely N-dealkylation sites (N-methyl/N-ethyl adjacent to an activating group) is 1. The highest BCUT2D eigenvalue weighted by atomic mass is 35.5. The predicted molar refractivity (Wildman–Crippen MR) is 194 cm³/mol. The van der Waals surface area contributed by atoms with Crippen molar-refractivity contribution in [1.29, 1.82) is 0 Å². The van der Waals surface area contributed by atoms with Gasteiger partial charge in [-0.05, 0) is 116 Å². The van der Waals surface area contributed by atoms with Crippen LogP contribution in [0.3, 0.4) is 0 Å². The van der Waals surface area contributed by atoms with Crippen molar-refractivity contribution < 1.29 is 9.53 Å². The maximum Gasteiger partial charge on any atom is 0.261 e. The van der Waals surface area contributed by atoms with Gasteiger partial charge in [0.2, 0.25) is 0 Å². The van der Waals surface area contributed by atoms with Crippen LogP contribution in [0.2, 0.25) is 5.02 Å². The number of halogens is 1. The van der Waals surface area contributed by atoms with Gasteiger partial charge in [-0.2, -0.15) is 0 Å². The Hall–Kier alpha value is -1.93. The fourth-order valence-corrected chi connectivity index (χ4v) is 9.21. The van der Waals surface area contributed by atoms with Gasteiger partial charge in [0.25, 0.3) is 5.91 Å². The van der Waals surface area contributed by atoms with Crippen LogP contribution in [0.1, 0.15) is 86.7 Å². The minimum Gasteiger partial charge on any atom is -0.491 e. The lowest BCUT2D eigenvalue weighted by Crippen LogP contribution is -2.49. The molecule has 6 rings (SSSR count). The van der Waals surface area contributed by atoms with E-state index in [2.05, 4.69) is 65.4 Å². The summed E-state index contributed by atoms with van der Waals surface area (Å²) in [5.41, 5.74) is 4.46. The molecule has 2 aromatic rings. The van der Waals surface area contributed by atoms with Gasteiger partial charge in [0.15, 0.2) is 0 Å². The van der Waals surface area contributed by atoms with Crippen molar-refractivity contribution in [3.63, 3.8) is 0 Å². The molecule has 3 aliphatic heterocycles. The van der Waals surface area contributed by atoms with Gasteiger partial charge >= 0.3 is 0 Å². The Bertz CT molecular complexity index is 1330. The molecule has 6 nitrogen and oxygen atoms in total. The molecule has 1 aliphatic carbocycles. The van der Waals surface area contributed by atoms with Gasteiger partial charge in [-0.15, -0.1) is 0 Å². The number of hydrogen-bond acceptors (Lipinski definition) is 6. The Morgan fingerprint density at radius 3 is 2.59 bits per heavy atom. The maximum absolute atomic E-state index is 13.4. The van der Waals surface area contributed by atoms with Crippen LogP contribution in [0.4, 0.5) is 5.69 Å². The standard InChI is InChI=1S/C38H55ClN4O2S/c1-5-7-28-20-33(39)12-14-34(28)32-24-43-23-31-10-13-35(31)30(22-42-18-16-41(4)17-19-42)9-6-8-26(2)27(3)46-40-38(44)29-11-15-37(45-25-32)36(43)21-29/h11-12,14-15,20-21,26-27,30-32,35H,5-10,13,16-19,22-25H2,1-4H3,(H,40,44). The lowest BCUT2D eigenvalue weighted by Gasteiger charge is -2.47. The molecule has 1 saturated heterocycles. The summed E-state index contributed by atoms with van der Waals surface area (Å²) in [5, 5.41) is 1.17. The van der Waals surface area contributed by atoms with Crippen LogP contribution in [-0.2, 0) is 6.42 Å². The average molecular weight is 667 g/mol. The second-order valence-electron chi connectivity index (χ2n) is 14.7. The SMILES string of the molecule is CCCc1cc(Cl)ccc1C1COc2ccc3cc2N(C1)CC1CCC1C(CN1CCN(C)CC1)CCCC(C)C(C)SNC3=O. The number of fused-ring (bicyclic) bond motifs is 2. The molecule has 2 fully saturated rings. The van der Waals surface area contributed by atoms with Gasteiger partial charge in [0.1, 0.15) is 5.75 Å². The van der Waals surface area contributed by atoms with E-state index in [4.69, 9.17) is 16.3 Å². The average Bonchev–Trinajstić information content (AvgIpc) is 3.21. The number of ether oxygens (including phenoxy) is 1. The topological polar surface area (TPSA) is 48.1 Å². The number of hydrogen-bond donors (Lipinski definition) is 1. The number of aryl methyl sites for hydroxylation is 1. The first-order valence-electron chi connectivity index (χ1n) is 18.0. The van der Waals surface area contributed by atoms with Crippen molar-refractivity contribution in [3.05, 3.63) is 58.1 Å². The van der Waals surface area contributed by atoms with Gasteiger partial charge in [0, 0.05) is 67.6 Å². The van der Waals surface area contributed by atoms with E-state index in [-0.39, 0.29) is 11.8 Å². The Morgan fingerprint density at radius 1 is 1.00 bits per heavy atom. The third-order valence-electron chi connectivity index (χ3n) is 11.5. The molecule has 0 aromatic heterocycles. The first kappa shape index (κ1) is 34.0. The highest BCUT2D eigenvalue weighted by Crippen LogP contribution is 2.45. The number of nitrogens with one attached hydrogen (secondary N) is 1. The first-order chi connectivity index (χ1) is 22.3. The zero-order chi connectivity index (χ0) is 32.2. The molecule has 0 radical (unpaired) electrons. The molecule has 2 bridgehead atoms. The maximum atomic E-state index is 13.4. The van der Waals surface area contributed by atoms with E-state index >= 15 is 0 Å². The van der Waals surface area contributed by atoms with Gasteiger partial charge in [-0.25, -0.2) is 0 Å². The van der Waals surface area contributed by atoms with E-state index in [1.54, 1.807) is 11.9 Å². The van der Waals surface area contributed by atoms with Crippen molar-refractivity contribution in [2.45, 2.75) is 76.9 Å². The van der Waals surface area contributed by atoms with Gasteiger partial charge in [-0.3, -0.25) is 9.52 Å². The van der Waals surface area contributed by atoms with E-state index in [0.717, 1.165) is 54.2 Å². The minimum atomic E-state index is -0.0172. The van der Waals surface area contributed by atoms with E-state index in [0.29, 0.717) is 29.3 Å². The van der Waals surface area contributed by atoms with E-state index < -0.39 is 0 Å². The summed E-state index contributed by atoms with van der Waals surface area (Å²) in [4.78, 5) is 21.2. The van der Waals surface area contributed by atoms with Crippen molar-refractivity contribution in [2.75, 3.05) is 64.4 Å². The smallest absolute Gasteiger partial charge is 0.261 e.